The van der Waals surface area contributed by atoms with Gasteiger partial charge in [-0.2, -0.15) is 5.10 Å². The van der Waals surface area contributed by atoms with Crippen molar-refractivity contribution in [2.45, 2.75) is 49.2 Å². The molecule has 30 heavy (non-hydrogen) atoms. The number of carbonyl (C=O) groups is 1. The number of nitrogens with zero attached hydrogens (tertiary/aromatic N) is 2. The molecule has 1 N–H and O–H groups in total. The van der Waals surface area contributed by atoms with Crippen LogP contribution in [0, 0.1) is 13.8 Å². The zero-order chi connectivity index (χ0) is 21.4. The van der Waals surface area contributed by atoms with Crippen LogP contribution in [0.25, 0.3) is 5.69 Å². The first-order chi connectivity index (χ1) is 14.3. The van der Waals surface area contributed by atoms with Crippen molar-refractivity contribution in [1.82, 2.24) is 9.78 Å². The van der Waals surface area contributed by atoms with Crippen molar-refractivity contribution in [3.8, 4) is 5.69 Å². The molecule has 7 heteroatoms. The Morgan fingerprint density at radius 3 is 2.53 bits per heavy atom. The van der Waals surface area contributed by atoms with Crippen LogP contribution in [0.2, 0.25) is 0 Å². The second kappa shape index (κ2) is 7.72. The number of benzene rings is 2. The van der Waals surface area contributed by atoms with E-state index in [0.29, 0.717) is 36.9 Å². The van der Waals surface area contributed by atoms with Gasteiger partial charge in [0.2, 0.25) is 5.91 Å². The summed E-state index contributed by atoms with van der Waals surface area (Å²) in [6, 6.07) is 14.4. The van der Waals surface area contributed by atoms with E-state index in [2.05, 4.69) is 10.4 Å². The molecule has 1 saturated carbocycles. The van der Waals surface area contributed by atoms with Crippen molar-refractivity contribution in [3.63, 3.8) is 0 Å². The molecule has 1 aliphatic carbocycles. The smallest absolute Gasteiger partial charge is 0.246 e. The fourth-order valence-corrected chi connectivity index (χ4v) is 6.54. The summed E-state index contributed by atoms with van der Waals surface area (Å²) < 4.78 is 27.7. The second-order valence-electron chi connectivity index (χ2n) is 7.93. The summed E-state index contributed by atoms with van der Waals surface area (Å²) in [7, 11) is -3.86. The molecule has 1 aromatic heterocycles. The van der Waals surface area contributed by atoms with Crippen molar-refractivity contribution in [3.05, 3.63) is 72.1 Å². The van der Waals surface area contributed by atoms with E-state index < -0.39 is 20.5 Å². The van der Waals surface area contributed by atoms with E-state index >= 15 is 0 Å². The Kier molecular flexibility index (Phi) is 5.24. The van der Waals surface area contributed by atoms with Crippen molar-refractivity contribution < 1.29 is 13.2 Å². The Morgan fingerprint density at radius 2 is 1.83 bits per heavy atom. The van der Waals surface area contributed by atoms with E-state index in [9.17, 15) is 13.2 Å². The Labute approximate surface area is 176 Å². The maximum Gasteiger partial charge on any atom is 0.246 e. The Bertz CT molecular complexity index is 1180. The van der Waals surface area contributed by atoms with Gasteiger partial charge < -0.3 is 5.32 Å². The summed E-state index contributed by atoms with van der Waals surface area (Å²) in [5, 5.41) is 7.08. The normalized spacial score (nSPS) is 15.8. The number of amides is 1. The lowest BCUT2D eigenvalue weighted by Gasteiger charge is -2.28. The first-order valence-electron chi connectivity index (χ1n) is 10.1. The van der Waals surface area contributed by atoms with Crippen molar-refractivity contribution in [2.24, 2.45) is 0 Å². The number of rotatable bonds is 5. The number of nitrogens with one attached hydrogen (secondary N) is 1. The number of aryl methyl sites for hydroxylation is 2. The van der Waals surface area contributed by atoms with Crippen LogP contribution in [0.3, 0.4) is 0 Å². The third-order valence-corrected chi connectivity index (χ3v) is 8.49. The van der Waals surface area contributed by atoms with Gasteiger partial charge in [0.25, 0.3) is 0 Å². The van der Waals surface area contributed by atoms with Crippen LogP contribution < -0.4 is 5.32 Å². The number of aromatic nitrogens is 2. The summed E-state index contributed by atoms with van der Waals surface area (Å²) >= 11 is 0. The fourth-order valence-electron chi connectivity index (χ4n) is 4.16. The molecule has 0 atom stereocenters. The summed E-state index contributed by atoms with van der Waals surface area (Å²) in [6.07, 6.45) is 5.57. The summed E-state index contributed by atoms with van der Waals surface area (Å²) in [5.41, 5.74) is 2.87. The highest BCUT2D eigenvalue weighted by atomic mass is 32.2. The lowest BCUT2D eigenvalue weighted by atomic mass is 10.1. The van der Waals surface area contributed by atoms with Crippen LogP contribution in [0.1, 0.15) is 36.8 Å². The largest absolute Gasteiger partial charge is 0.325 e. The number of hydrogen-bond donors (Lipinski definition) is 1. The van der Waals surface area contributed by atoms with Crippen LogP contribution in [0.15, 0.2) is 65.8 Å². The minimum atomic E-state index is -3.86. The topological polar surface area (TPSA) is 81.1 Å². The van der Waals surface area contributed by atoms with Gasteiger partial charge in [-0.25, -0.2) is 13.1 Å². The van der Waals surface area contributed by atoms with Crippen molar-refractivity contribution >= 4 is 21.4 Å². The molecule has 2 aromatic carbocycles. The average molecular weight is 424 g/mol. The lowest BCUT2D eigenvalue weighted by Crippen LogP contribution is -2.47. The van der Waals surface area contributed by atoms with Crippen LogP contribution >= 0.6 is 0 Å². The third kappa shape index (κ3) is 3.43. The molecule has 1 aliphatic rings. The Balaban J connectivity index is 1.70. The lowest BCUT2D eigenvalue weighted by molar-refractivity contribution is -0.118. The van der Waals surface area contributed by atoms with Gasteiger partial charge in [-0.1, -0.05) is 31.0 Å². The van der Waals surface area contributed by atoms with Gasteiger partial charge in [-0.05, 0) is 68.1 Å². The second-order valence-corrected chi connectivity index (χ2v) is 10.2. The first-order valence-corrected chi connectivity index (χ1v) is 11.6. The molecule has 6 nitrogen and oxygen atoms in total. The number of hydrogen-bond acceptors (Lipinski definition) is 4. The maximum atomic E-state index is 13.7. The molecule has 0 radical (unpaired) electrons. The predicted molar refractivity (Wildman–Crippen MR) is 116 cm³/mol. The molecule has 3 aromatic rings. The number of carbonyl (C=O) groups excluding carboxylic acids is 1. The molecule has 1 heterocycles. The van der Waals surface area contributed by atoms with Crippen molar-refractivity contribution in [2.75, 3.05) is 5.32 Å². The van der Waals surface area contributed by atoms with E-state index in [0.717, 1.165) is 11.3 Å². The summed E-state index contributed by atoms with van der Waals surface area (Å²) in [4.78, 5) is 13.7. The van der Waals surface area contributed by atoms with Crippen LogP contribution in [0.5, 0.6) is 0 Å². The quantitative estimate of drug-likeness (QED) is 0.666. The fraction of sp³-hybridized carbons (Fsp3) is 0.304. The monoisotopic (exact) mass is 423 g/mol. The van der Waals surface area contributed by atoms with Crippen LogP contribution in [-0.4, -0.2) is 28.9 Å². The standard InChI is InChI=1S/C23H25N3O3S/c1-17-9-10-18(2)21(15-17)30(28,29)23(11-3-4-12-23)22(27)25-19-7-5-8-20(16-19)26-14-6-13-24-26/h5-10,13-16H,3-4,11-12H2,1-2H3,(H,25,27). The third-order valence-electron chi connectivity index (χ3n) is 5.85. The highest BCUT2D eigenvalue weighted by molar-refractivity contribution is 7.93. The summed E-state index contributed by atoms with van der Waals surface area (Å²) in [5.74, 6) is -0.460. The molecular formula is C23H25N3O3S. The first kappa shape index (κ1) is 20.3. The highest BCUT2D eigenvalue weighted by Gasteiger charge is 2.53. The van der Waals surface area contributed by atoms with E-state index in [4.69, 9.17) is 0 Å². The van der Waals surface area contributed by atoms with Gasteiger partial charge in [-0.3, -0.25) is 4.79 Å². The molecule has 4 rings (SSSR count). The molecule has 156 valence electrons. The van der Waals surface area contributed by atoms with Gasteiger partial charge in [0.1, 0.15) is 0 Å². The van der Waals surface area contributed by atoms with Gasteiger partial charge >= 0.3 is 0 Å². The number of sulfone groups is 1. The van der Waals surface area contributed by atoms with Gasteiger partial charge in [0, 0.05) is 18.1 Å². The molecule has 1 amide bonds. The van der Waals surface area contributed by atoms with Gasteiger partial charge in [-0.15, -0.1) is 0 Å². The predicted octanol–water partition coefficient (Wildman–Crippen LogP) is 4.21. The molecule has 0 unspecified atom stereocenters. The van der Waals surface area contributed by atoms with E-state index in [1.807, 2.05) is 37.4 Å². The number of anilines is 1. The molecule has 0 bridgehead atoms. The van der Waals surface area contributed by atoms with Gasteiger partial charge in [0.15, 0.2) is 14.6 Å². The zero-order valence-corrected chi connectivity index (χ0v) is 17.9. The zero-order valence-electron chi connectivity index (χ0n) is 17.1. The highest BCUT2D eigenvalue weighted by Crippen LogP contribution is 2.42. The van der Waals surface area contributed by atoms with E-state index in [1.54, 1.807) is 42.1 Å². The molecule has 0 spiro atoms. The molecular weight excluding hydrogens is 398 g/mol. The molecule has 0 saturated heterocycles. The average Bonchev–Trinajstić information content (AvgIpc) is 3.43. The maximum absolute atomic E-state index is 13.7. The van der Waals surface area contributed by atoms with Crippen LogP contribution in [0.4, 0.5) is 5.69 Å². The van der Waals surface area contributed by atoms with E-state index in [-0.39, 0.29) is 4.90 Å². The minimum Gasteiger partial charge on any atom is -0.325 e. The SMILES string of the molecule is Cc1ccc(C)c(S(=O)(=O)C2(C(=O)Nc3cccc(-n4cccn4)c3)CCCC2)c1. The van der Waals surface area contributed by atoms with Crippen LogP contribution in [-0.2, 0) is 14.6 Å². The van der Waals surface area contributed by atoms with Gasteiger partial charge in [0.05, 0.1) is 10.6 Å². The molecule has 1 fully saturated rings. The summed E-state index contributed by atoms with van der Waals surface area (Å²) in [6.45, 7) is 3.64. The minimum absolute atomic E-state index is 0.254. The van der Waals surface area contributed by atoms with Crippen molar-refractivity contribution in [1.29, 1.82) is 0 Å². The molecule has 0 aliphatic heterocycles. The van der Waals surface area contributed by atoms with E-state index in [1.165, 1.54) is 0 Å². The Hall–Kier alpha value is -2.93. The Morgan fingerprint density at radius 1 is 1.07 bits per heavy atom.